The first kappa shape index (κ1) is 39.4. The van der Waals surface area contributed by atoms with E-state index in [1.165, 1.54) is 101 Å². The van der Waals surface area contributed by atoms with Crippen molar-refractivity contribution in [2.45, 2.75) is 151 Å². The molecule has 0 aromatic heterocycles. The highest BCUT2D eigenvalue weighted by Crippen LogP contribution is 2.42. The maximum absolute atomic E-state index is 9.50. The van der Waals surface area contributed by atoms with Crippen LogP contribution in [0, 0.1) is 11.8 Å². The molecule has 0 saturated heterocycles. The number of benzene rings is 2. The van der Waals surface area contributed by atoms with Crippen molar-refractivity contribution in [1.82, 2.24) is 0 Å². The molecule has 0 heterocycles. The third kappa shape index (κ3) is 11.1. The van der Waals surface area contributed by atoms with Gasteiger partial charge in [-0.2, -0.15) is 0 Å². The van der Waals surface area contributed by atoms with E-state index in [0.717, 1.165) is 63.6 Å². The molecule has 6 nitrogen and oxygen atoms in total. The van der Waals surface area contributed by atoms with Crippen LogP contribution in [0.25, 0.3) is 0 Å². The first-order chi connectivity index (χ1) is 24.3. The normalized spacial score (nSPS) is 28.9. The number of aliphatic hydroxyl groups excluding tert-OH is 2. The molecule has 0 bridgehead atoms. The van der Waals surface area contributed by atoms with Gasteiger partial charge < -0.3 is 31.2 Å². The largest absolute Gasteiger partial charge is 0.394 e. The van der Waals surface area contributed by atoms with Crippen LogP contribution in [0.1, 0.15) is 148 Å². The van der Waals surface area contributed by atoms with E-state index in [4.69, 9.17) is 20.9 Å². The van der Waals surface area contributed by atoms with Crippen molar-refractivity contribution in [1.29, 1.82) is 0 Å². The molecular weight excluding hydrogens is 620 g/mol. The van der Waals surface area contributed by atoms with Gasteiger partial charge in [-0.3, -0.25) is 0 Å². The molecule has 6 heteroatoms. The van der Waals surface area contributed by atoms with Crippen LogP contribution in [0.5, 0.6) is 0 Å². The summed E-state index contributed by atoms with van der Waals surface area (Å²) in [5, 5.41) is 19.0. The second-order valence-corrected chi connectivity index (χ2v) is 16.9. The summed E-state index contributed by atoms with van der Waals surface area (Å²) in [6.07, 6.45) is 24.0. The van der Waals surface area contributed by atoms with E-state index in [2.05, 4.69) is 36.4 Å². The third-order valence-corrected chi connectivity index (χ3v) is 12.9. The molecule has 0 spiro atoms. The van der Waals surface area contributed by atoms with Crippen LogP contribution in [0.4, 0.5) is 0 Å². The molecule has 6 atom stereocenters. The monoisotopic (exact) mass is 691 g/mol. The van der Waals surface area contributed by atoms with Gasteiger partial charge in [-0.1, -0.05) is 74.9 Å². The number of aliphatic hydroxyl groups is 2. The molecule has 0 amide bonds. The summed E-state index contributed by atoms with van der Waals surface area (Å²) < 4.78 is 10.3. The summed E-state index contributed by atoms with van der Waals surface area (Å²) in [4.78, 5) is 0. The number of hydrogen-bond donors (Lipinski definition) is 4. The first-order valence-electron chi connectivity index (χ1n) is 20.3. The van der Waals surface area contributed by atoms with Crippen LogP contribution in [-0.4, -0.2) is 61.9 Å². The van der Waals surface area contributed by atoms with Gasteiger partial charge in [-0.25, -0.2) is 0 Å². The molecule has 4 aliphatic carbocycles. The highest BCUT2D eigenvalue weighted by molar-refractivity contribution is 5.38. The Morgan fingerprint density at radius 2 is 1.04 bits per heavy atom. The number of nitrogens with two attached hydrogens (primary N) is 2. The fourth-order valence-corrected chi connectivity index (χ4v) is 9.58. The highest BCUT2D eigenvalue weighted by Gasteiger charge is 2.37. The summed E-state index contributed by atoms with van der Waals surface area (Å²) in [5.74, 6) is 2.78. The lowest BCUT2D eigenvalue weighted by Gasteiger charge is -2.26. The van der Waals surface area contributed by atoms with Gasteiger partial charge in [0.2, 0.25) is 0 Å². The molecule has 50 heavy (non-hydrogen) atoms. The lowest BCUT2D eigenvalue weighted by Crippen LogP contribution is -2.40. The van der Waals surface area contributed by atoms with Gasteiger partial charge in [0.25, 0.3) is 0 Å². The molecule has 6 rings (SSSR count). The van der Waals surface area contributed by atoms with Crippen LogP contribution in [0.15, 0.2) is 36.4 Å². The Balaban J connectivity index is 0.000000194. The number of aryl methyl sites for hydroxylation is 2. The SMILES string of the molecule is COCCCCC[C@@H]1CCc2cc([C@H]3CC[C@](N)(CO)C3)ccc2C1.COCCCCC[C@H]1CCc2cc([C@H]3CC[C@](N)(CO)C3)ccc2C1. The number of hydrogen-bond acceptors (Lipinski definition) is 6. The molecule has 2 saturated carbocycles. The smallest absolute Gasteiger partial charge is 0.0611 e. The summed E-state index contributed by atoms with van der Waals surface area (Å²) >= 11 is 0. The maximum Gasteiger partial charge on any atom is 0.0611 e. The van der Waals surface area contributed by atoms with Crippen molar-refractivity contribution >= 4 is 0 Å². The summed E-state index contributed by atoms with van der Waals surface area (Å²) in [7, 11) is 3.57. The van der Waals surface area contributed by atoms with Crippen molar-refractivity contribution < 1.29 is 19.7 Å². The number of fused-ring (bicyclic) bond motifs is 2. The van der Waals surface area contributed by atoms with E-state index in [1.54, 1.807) is 36.5 Å². The van der Waals surface area contributed by atoms with Crippen LogP contribution >= 0.6 is 0 Å². The van der Waals surface area contributed by atoms with Crippen molar-refractivity contribution in [2.24, 2.45) is 23.3 Å². The molecule has 4 aliphatic rings. The van der Waals surface area contributed by atoms with Gasteiger partial charge in [-0.05, 0) is 147 Å². The average Bonchev–Trinajstić information content (AvgIpc) is 3.75. The standard InChI is InChI=1S/2C22H35NO2/c2*1-25-12-4-2-3-5-17-6-7-19-14-20(9-8-18(19)13-17)21-10-11-22(23,15-21)16-24/h2*8-9,14,17,21,24H,2-7,10-13,15-16,23H2,1H3/t17-,21+,22-;17-,21-,22+/m10/s1. The Morgan fingerprint density at radius 3 is 1.42 bits per heavy atom. The van der Waals surface area contributed by atoms with Gasteiger partial charge in [0.1, 0.15) is 0 Å². The fraction of sp³-hybridized carbons (Fsp3) is 0.727. The second-order valence-electron chi connectivity index (χ2n) is 16.9. The van der Waals surface area contributed by atoms with Gasteiger partial charge in [0.15, 0.2) is 0 Å². The highest BCUT2D eigenvalue weighted by atomic mass is 16.5. The van der Waals surface area contributed by atoms with Crippen LogP contribution in [0.3, 0.4) is 0 Å². The van der Waals surface area contributed by atoms with Crippen LogP contribution < -0.4 is 11.5 Å². The van der Waals surface area contributed by atoms with Crippen molar-refractivity contribution in [2.75, 3.05) is 40.6 Å². The lowest BCUT2D eigenvalue weighted by atomic mass is 9.79. The number of ether oxygens (including phenoxy) is 2. The molecule has 2 fully saturated rings. The zero-order valence-electron chi connectivity index (χ0n) is 31.6. The molecule has 0 aliphatic heterocycles. The predicted molar refractivity (Wildman–Crippen MR) is 206 cm³/mol. The van der Waals surface area contributed by atoms with Crippen molar-refractivity contribution in [3.05, 3.63) is 69.8 Å². The Kier molecular flexibility index (Phi) is 15.2. The second kappa shape index (κ2) is 19.3. The summed E-state index contributed by atoms with van der Waals surface area (Å²) in [6.45, 7) is 2.02. The van der Waals surface area contributed by atoms with E-state index < -0.39 is 0 Å². The number of unbranched alkanes of at least 4 members (excludes halogenated alkanes) is 4. The van der Waals surface area contributed by atoms with Gasteiger partial charge >= 0.3 is 0 Å². The minimum absolute atomic E-state index is 0.112. The van der Waals surface area contributed by atoms with E-state index in [9.17, 15) is 10.2 Å². The first-order valence-corrected chi connectivity index (χ1v) is 20.3. The molecule has 2 aromatic carbocycles. The zero-order valence-corrected chi connectivity index (χ0v) is 31.6. The van der Waals surface area contributed by atoms with Crippen LogP contribution in [0.2, 0.25) is 0 Å². The van der Waals surface area contributed by atoms with Gasteiger partial charge in [-0.15, -0.1) is 0 Å². The van der Waals surface area contributed by atoms with Crippen LogP contribution in [-0.2, 0) is 35.2 Å². The average molecular weight is 691 g/mol. The van der Waals surface area contributed by atoms with E-state index in [1.807, 2.05) is 0 Å². The van der Waals surface area contributed by atoms with Gasteiger partial charge in [0.05, 0.1) is 13.2 Å². The van der Waals surface area contributed by atoms with Crippen molar-refractivity contribution in [3.63, 3.8) is 0 Å². The molecule has 280 valence electrons. The van der Waals surface area contributed by atoms with Gasteiger partial charge in [0, 0.05) is 38.5 Å². The zero-order chi connectivity index (χ0) is 35.4. The maximum atomic E-state index is 9.50. The molecule has 0 radical (unpaired) electrons. The van der Waals surface area contributed by atoms with Crippen molar-refractivity contribution in [3.8, 4) is 0 Å². The molecular formula is C44H70N2O4. The van der Waals surface area contributed by atoms with E-state index in [0.29, 0.717) is 11.8 Å². The topological polar surface area (TPSA) is 111 Å². The molecule has 2 aromatic rings. The Morgan fingerprint density at radius 1 is 0.600 bits per heavy atom. The Bertz CT molecular complexity index is 1220. The minimum Gasteiger partial charge on any atom is -0.394 e. The Hall–Kier alpha value is -1.80. The summed E-state index contributed by atoms with van der Waals surface area (Å²) in [6, 6.07) is 14.3. The van der Waals surface area contributed by atoms with E-state index in [-0.39, 0.29) is 24.3 Å². The third-order valence-electron chi connectivity index (χ3n) is 12.9. The quantitative estimate of drug-likeness (QED) is 0.133. The van der Waals surface area contributed by atoms with E-state index >= 15 is 0 Å². The minimum atomic E-state index is -0.353. The molecule has 6 N–H and O–H groups in total. The molecule has 0 unspecified atom stereocenters. The number of rotatable bonds is 16. The number of methoxy groups -OCH3 is 2. The fourth-order valence-electron chi connectivity index (χ4n) is 9.58. The predicted octanol–water partition coefficient (Wildman–Crippen LogP) is 7.91. The Labute approximate surface area is 304 Å². The summed E-state index contributed by atoms with van der Waals surface area (Å²) in [5.41, 5.74) is 21.0. The lowest BCUT2D eigenvalue weighted by molar-refractivity contribution is 0.191.